The summed E-state index contributed by atoms with van der Waals surface area (Å²) < 4.78 is 5.85. The van der Waals surface area contributed by atoms with Crippen LogP contribution in [0, 0.1) is 5.92 Å². The smallest absolute Gasteiger partial charge is 0.123 e. The van der Waals surface area contributed by atoms with Gasteiger partial charge in [0.15, 0.2) is 0 Å². The Labute approximate surface area is 103 Å². The summed E-state index contributed by atoms with van der Waals surface area (Å²) in [6.07, 6.45) is 0.970. The van der Waals surface area contributed by atoms with E-state index < -0.39 is 0 Å². The van der Waals surface area contributed by atoms with Gasteiger partial charge >= 0.3 is 0 Å². The molecular weight excluding hydrogens is 220 g/mol. The normalized spacial score (nSPS) is 19.4. The summed E-state index contributed by atoms with van der Waals surface area (Å²) in [6.45, 7) is 8.53. The van der Waals surface area contributed by atoms with Crippen LogP contribution in [0.25, 0.3) is 0 Å². The molecule has 2 heteroatoms. The fourth-order valence-electron chi connectivity index (χ4n) is 2.19. The molecule has 1 aliphatic heterocycles. The van der Waals surface area contributed by atoms with Gasteiger partial charge in [0, 0.05) is 6.42 Å². The van der Waals surface area contributed by atoms with E-state index in [4.69, 9.17) is 16.3 Å². The largest absolute Gasteiger partial charge is 0.487 e. The molecule has 0 amide bonds. The highest BCUT2D eigenvalue weighted by atomic mass is 35.5. The Bertz CT molecular complexity index is 396. The van der Waals surface area contributed by atoms with E-state index in [1.165, 1.54) is 11.1 Å². The molecule has 0 radical (unpaired) electrons. The third-order valence-corrected chi connectivity index (χ3v) is 3.75. The van der Waals surface area contributed by atoms with Crippen molar-refractivity contribution in [3.8, 4) is 5.75 Å². The number of alkyl halides is 1. The van der Waals surface area contributed by atoms with Crippen LogP contribution >= 0.6 is 11.6 Å². The molecule has 1 nitrogen and oxygen atoms in total. The Balaban J connectivity index is 2.29. The van der Waals surface area contributed by atoms with Crippen molar-refractivity contribution in [1.82, 2.24) is 0 Å². The summed E-state index contributed by atoms with van der Waals surface area (Å²) in [5.41, 5.74) is 2.42. The average Bonchev–Trinajstić information content (AvgIpc) is 2.48. The highest BCUT2D eigenvalue weighted by Gasteiger charge is 2.30. The van der Waals surface area contributed by atoms with Gasteiger partial charge in [-0.05, 0) is 37.0 Å². The van der Waals surface area contributed by atoms with Crippen molar-refractivity contribution in [1.29, 1.82) is 0 Å². The number of hydrogen-bond donors (Lipinski definition) is 0. The first kappa shape index (κ1) is 11.8. The lowest BCUT2D eigenvalue weighted by Gasteiger charge is -2.16. The third kappa shape index (κ3) is 2.20. The first-order valence-electron chi connectivity index (χ1n) is 5.85. The second-order valence-corrected chi connectivity index (χ2v) is 6.02. The lowest BCUT2D eigenvalue weighted by Crippen LogP contribution is -2.24. The molecule has 0 spiro atoms. The minimum absolute atomic E-state index is 0.0689. The lowest BCUT2D eigenvalue weighted by molar-refractivity contribution is 0.138. The molecule has 0 saturated carbocycles. The van der Waals surface area contributed by atoms with E-state index in [2.05, 4.69) is 45.9 Å². The summed E-state index contributed by atoms with van der Waals surface area (Å²) in [6, 6.07) is 6.33. The maximum Gasteiger partial charge on any atom is 0.123 e. The quantitative estimate of drug-likeness (QED) is 0.697. The van der Waals surface area contributed by atoms with Crippen LogP contribution in [0.1, 0.15) is 44.2 Å². The van der Waals surface area contributed by atoms with Crippen molar-refractivity contribution in [2.45, 2.75) is 45.1 Å². The van der Waals surface area contributed by atoms with E-state index in [-0.39, 0.29) is 11.0 Å². The van der Waals surface area contributed by atoms with Crippen LogP contribution in [0.15, 0.2) is 18.2 Å². The van der Waals surface area contributed by atoms with Gasteiger partial charge in [-0.1, -0.05) is 26.0 Å². The zero-order chi connectivity index (χ0) is 11.9. The Morgan fingerprint density at radius 3 is 2.62 bits per heavy atom. The Morgan fingerprint density at radius 2 is 2.00 bits per heavy atom. The van der Waals surface area contributed by atoms with Gasteiger partial charge in [0.1, 0.15) is 11.4 Å². The molecule has 1 atom stereocenters. The molecule has 1 unspecified atom stereocenters. The highest BCUT2D eigenvalue weighted by Crippen LogP contribution is 2.38. The van der Waals surface area contributed by atoms with Gasteiger partial charge in [0.2, 0.25) is 0 Å². The SMILES string of the molecule is CC(C)C(Cl)c1ccc2c(c1)CC(C)(C)O2. The maximum absolute atomic E-state index is 6.37. The van der Waals surface area contributed by atoms with Gasteiger partial charge in [0.05, 0.1) is 5.38 Å². The number of halogens is 1. The van der Waals surface area contributed by atoms with Crippen LogP contribution in [0.3, 0.4) is 0 Å². The van der Waals surface area contributed by atoms with Crippen molar-refractivity contribution in [2.24, 2.45) is 5.92 Å². The van der Waals surface area contributed by atoms with E-state index >= 15 is 0 Å². The zero-order valence-corrected chi connectivity index (χ0v) is 11.1. The molecule has 0 N–H and O–H groups in total. The van der Waals surface area contributed by atoms with Crippen molar-refractivity contribution in [3.05, 3.63) is 29.3 Å². The predicted octanol–water partition coefficient (Wildman–Crippen LogP) is 4.34. The van der Waals surface area contributed by atoms with Crippen LogP contribution in [-0.4, -0.2) is 5.60 Å². The van der Waals surface area contributed by atoms with Gasteiger partial charge in [-0.2, -0.15) is 0 Å². The summed E-state index contributed by atoms with van der Waals surface area (Å²) in [5, 5.41) is 0.0917. The number of benzene rings is 1. The molecule has 0 aromatic heterocycles. The Hall–Kier alpha value is -0.690. The van der Waals surface area contributed by atoms with Crippen molar-refractivity contribution in [3.63, 3.8) is 0 Å². The maximum atomic E-state index is 6.37. The number of ether oxygens (including phenoxy) is 1. The second kappa shape index (κ2) is 3.96. The molecule has 1 heterocycles. The fraction of sp³-hybridized carbons (Fsp3) is 0.571. The molecule has 1 aromatic rings. The molecule has 88 valence electrons. The highest BCUT2D eigenvalue weighted by molar-refractivity contribution is 6.21. The third-order valence-electron chi connectivity index (χ3n) is 2.99. The molecule has 0 aliphatic carbocycles. The van der Waals surface area contributed by atoms with Crippen LogP contribution in [0.4, 0.5) is 0 Å². The number of fused-ring (bicyclic) bond motifs is 1. The minimum atomic E-state index is -0.0689. The van der Waals surface area contributed by atoms with E-state index in [1.54, 1.807) is 0 Å². The molecule has 0 saturated heterocycles. The molecule has 0 bridgehead atoms. The van der Waals surface area contributed by atoms with Gasteiger partial charge in [0.25, 0.3) is 0 Å². The summed E-state index contributed by atoms with van der Waals surface area (Å²) >= 11 is 6.37. The van der Waals surface area contributed by atoms with Crippen LogP contribution < -0.4 is 4.74 Å². The van der Waals surface area contributed by atoms with Crippen LogP contribution in [0.5, 0.6) is 5.75 Å². The van der Waals surface area contributed by atoms with E-state index in [1.807, 2.05) is 0 Å². The molecule has 2 rings (SSSR count). The zero-order valence-electron chi connectivity index (χ0n) is 10.4. The van der Waals surface area contributed by atoms with Crippen molar-refractivity contribution in [2.75, 3.05) is 0 Å². The van der Waals surface area contributed by atoms with Gasteiger partial charge in [-0.25, -0.2) is 0 Å². The number of rotatable bonds is 2. The molecule has 0 fully saturated rings. The molecule has 1 aromatic carbocycles. The summed E-state index contributed by atoms with van der Waals surface area (Å²) in [5.74, 6) is 1.47. The Kier molecular flexibility index (Phi) is 2.91. The average molecular weight is 239 g/mol. The lowest BCUT2D eigenvalue weighted by atomic mass is 9.96. The summed E-state index contributed by atoms with van der Waals surface area (Å²) in [7, 11) is 0. The van der Waals surface area contributed by atoms with Crippen molar-refractivity contribution < 1.29 is 4.74 Å². The van der Waals surface area contributed by atoms with Gasteiger partial charge < -0.3 is 4.74 Å². The van der Waals surface area contributed by atoms with E-state index in [9.17, 15) is 0 Å². The first-order chi connectivity index (χ1) is 7.39. The van der Waals surface area contributed by atoms with Crippen LogP contribution in [-0.2, 0) is 6.42 Å². The monoisotopic (exact) mass is 238 g/mol. The Morgan fingerprint density at radius 1 is 1.31 bits per heavy atom. The topological polar surface area (TPSA) is 9.23 Å². The standard InChI is InChI=1S/C14H19ClO/c1-9(2)13(15)10-5-6-12-11(7-10)8-14(3,4)16-12/h5-7,9,13H,8H2,1-4H3. The number of hydrogen-bond acceptors (Lipinski definition) is 1. The first-order valence-corrected chi connectivity index (χ1v) is 6.28. The van der Waals surface area contributed by atoms with Gasteiger partial charge in [-0.15, -0.1) is 11.6 Å². The van der Waals surface area contributed by atoms with E-state index in [0.717, 1.165) is 12.2 Å². The predicted molar refractivity (Wildman–Crippen MR) is 68.3 cm³/mol. The minimum Gasteiger partial charge on any atom is -0.487 e. The molecule has 1 aliphatic rings. The van der Waals surface area contributed by atoms with E-state index in [0.29, 0.717) is 5.92 Å². The second-order valence-electron chi connectivity index (χ2n) is 5.55. The molecule has 16 heavy (non-hydrogen) atoms. The molecular formula is C14H19ClO. The van der Waals surface area contributed by atoms with Crippen LogP contribution in [0.2, 0.25) is 0 Å². The fourth-order valence-corrected chi connectivity index (χ4v) is 2.32. The summed E-state index contributed by atoms with van der Waals surface area (Å²) in [4.78, 5) is 0. The van der Waals surface area contributed by atoms with Crippen molar-refractivity contribution >= 4 is 11.6 Å². The van der Waals surface area contributed by atoms with Gasteiger partial charge in [-0.3, -0.25) is 0 Å².